The summed E-state index contributed by atoms with van der Waals surface area (Å²) in [5, 5.41) is 21.7. The van der Waals surface area contributed by atoms with E-state index in [0.717, 1.165) is 31.0 Å². The van der Waals surface area contributed by atoms with Crippen LogP contribution in [-0.4, -0.2) is 74.3 Å². The van der Waals surface area contributed by atoms with E-state index in [0.29, 0.717) is 17.5 Å². The van der Waals surface area contributed by atoms with E-state index in [-0.39, 0.29) is 11.9 Å². The number of aromatic nitrogens is 3. The van der Waals surface area contributed by atoms with Crippen LogP contribution in [0.25, 0.3) is 11.0 Å². The maximum atomic E-state index is 11.1. The molecule has 0 aromatic carbocycles. The van der Waals surface area contributed by atoms with E-state index in [1.54, 1.807) is 10.8 Å². The maximum Gasteiger partial charge on any atom is 0.352 e. The van der Waals surface area contributed by atoms with Crippen molar-refractivity contribution in [1.82, 2.24) is 14.5 Å². The fourth-order valence-corrected chi connectivity index (χ4v) is 4.72. The van der Waals surface area contributed by atoms with Gasteiger partial charge in [0, 0.05) is 26.0 Å². The maximum absolute atomic E-state index is 11.1. The van der Waals surface area contributed by atoms with Crippen molar-refractivity contribution in [3.8, 4) is 0 Å². The second-order valence-corrected chi connectivity index (χ2v) is 10.2. The summed E-state index contributed by atoms with van der Waals surface area (Å²) in [5.74, 6) is 2.18. The van der Waals surface area contributed by atoms with Gasteiger partial charge in [-0.2, -0.15) is 9.97 Å². The zero-order valence-electron chi connectivity index (χ0n) is 16.0. The second kappa shape index (κ2) is 7.39. The fourth-order valence-electron chi connectivity index (χ4n) is 4.30. The Balaban J connectivity index is 1.39. The molecule has 0 amide bonds. The van der Waals surface area contributed by atoms with Crippen LogP contribution in [0.4, 0.5) is 5.82 Å². The van der Waals surface area contributed by atoms with Crippen molar-refractivity contribution in [2.75, 3.05) is 31.3 Å². The molecular formula is C17H22ClN4O7P. The molecule has 5 rings (SSSR count). The number of nitrogens with zero attached hydrogens (tertiary/aromatic N) is 4. The summed E-state index contributed by atoms with van der Waals surface area (Å²) < 4.78 is 22.9. The first-order valence-corrected chi connectivity index (χ1v) is 12.0. The number of ether oxygens (including phenoxy) is 1. The van der Waals surface area contributed by atoms with Crippen LogP contribution in [0.2, 0.25) is 5.28 Å². The van der Waals surface area contributed by atoms with Gasteiger partial charge >= 0.3 is 7.60 Å². The number of piperidine rings is 1. The van der Waals surface area contributed by atoms with Gasteiger partial charge in [0.05, 0.1) is 5.39 Å². The molecule has 4 heterocycles. The van der Waals surface area contributed by atoms with E-state index in [1.807, 2.05) is 6.07 Å². The van der Waals surface area contributed by atoms with E-state index in [2.05, 4.69) is 19.5 Å². The number of fused-ring (bicyclic) bond motifs is 2. The third-order valence-corrected chi connectivity index (χ3v) is 6.39. The number of aliphatic hydroxyl groups excluding tert-OH is 2. The Kier molecular flexibility index (Phi) is 5.07. The minimum absolute atomic E-state index is 0.0842. The van der Waals surface area contributed by atoms with Crippen molar-refractivity contribution in [3.05, 3.63) is 17.5 Å². The standard InChI is InChI=1S/C17H22ClN4O7P/c1-30(25,26)29-27-7-11-12(23)13(24)16(28-11)22-3-2-10-14(19-17(18)20-15(10)22)21-5-8-4-9(8)6-21/h2-3,8-9,11-13,16,23-24H,4-7H2,1H3,(H,25,26)/t8?,9?,11-,12-,13-,16-/m1/s1. The first-order valence-electron chi connectivity index (χ1n) is 9.63. The van der Waals surface area contributed by atoms with E-state index in [9.17, 15) is 14.8 Å². The van der Waals surface area contributed by atoms with Crippen LogP contribution in [-0.2, 0) is 18.9 Å². The van der Waals surface area contributed by atoms with Crippen LogP contribution in [0, 0.1) is 11.8 Å². The molecule has 0 bridgehead atoms. The number of halogens is 1. The predicted octanol–water partition coefficient (Wildman–Crippen LogP) is 0.923. The molecular weight excluding hydrogens is 439 g/mol. The van der Waals surface area contributed by atoms with E-state index in [4.69, 9.17) is 26.1 Å². The summed E-state index contributed by atoms with van der Waals surface area (Å²) in [6.07, 6.45) is -1.56. The molecule has 2 aromatic heterocycles. The normalized spacial score (nSPS) is 35.0. The third-order valence-electron chi connectivity index (χ3n) is 5.84. The Hall–Kier alpha value is -1.30. The van der Waals surface area contributed by atoms with Gasteiger partial charge in [-0.25, -0.2) is 4.89 Å². The quantitative estimate of drug-likeness (QED) is 0.247. The van der Waals surface area contributed by atoms with Crippen LogP contribution >= 0.6 is 19.2 Å². The molecule has 3 N–H and O–H groups in total. The molecule has 2 aliphatic heterocycles. The molecule has 1 saturated carbocycles. The third kappa shape index (κ3) is 3.74. The lowest BCUT2D eigenvalue weighted by Gasteiger charge is -2.21. The Bertz CT molecular complexity index is 1010. The van der Waals surface area contributed by atoms with Crippen LogP contribution in [0.15, 0.2) is 12.3 Å². The first-order chi connectivity index (χ1) is 14.2. The topological polar surface area (TPSA) is 139 Å². The van der Waals surface area contributed by atoms with Gasteiger partial charge in [-0.15, -0.1) is 4.67 Å². The van der Waals surface area contributed by atoms with Crippen molar-refractivity contribution in [2.45, 2.75) is 31.0 Å². The Morgan fingerprint density at radius 2 is 2.03 bits per heavy atom. The van der Waals surface area contributed by atoms with Crippen molar-refractivity contribution >= 4 is 36.0 Å². The summed E-state index contributed by atoms with van der Waals surface area (Å²) in [6.45, 7) is 2.49. The number of hydrogen-bond acceptors (Lipinski definition) is 9. The fraction of sp³-hybridized carbons (Fsp3) is 0.647. The van der Waals surface area contributed by atoms with Crippen LogP contribution in [0.3, 0.4) is 0 Å². The van der Waals surface area contributed by atoms with Gasteiger partial charge in [-0.1, -0.05) is 0 Å². The Morgan fingerprint density at radius 1 is 1.30 bits per heavy atom. The van der Waals surface area contributed by atoms with Gasteiger partial charge in [0.1, 0.15) is 36.4 Å². The van der Waals surface area contributed by atoms with Crippen molar-refractivity contribution < 1.29 is 34.0 Å². The number of aliphatic hydroxyl groups is 2. The first kappa shape index (κ1) is 20.6. The largest absolute Gasteiger partial charge is 0.387 e. The molecule has 3 fully saturated rings. The molecule has 164 valence electrons. The van der Waals surface area contributed by atoms with Gasteiger partial charge in [0.15, 0.2) is 6.23 Å². The van der Waals surface area contributed by atoms with E-state index >= 15 is 0 Å². The molecule has 2 aromatic rings. The highest BCUT2D eigenvalue weighted by Crippen LogP contribution is 2.47. The molecule has 30 heavy (non-hydrogen) atoms. The van der Waals surface area contributed by atoms with Gasteiger partial charge < -0.3 is 29.3 Å². The molecule has 2 saturated heterocycles. The summed E-state index contributed by atoms with van der Waals surface area (Å²) in [7, 11) is -3.84. The average molecular weight is 461 g/mol. The second-order valence-electron chi connectivity index (χ2n) is 8.15. The predicted molar refractivity (Wildman–Crippen MR) is 105 cm³/mol. The minimum Gasteiger partial charge on any atom is -0.387 e. The lowest BCUT2D eigenvalue weighted by atomic mass is 10.1. The molecule has 0 spiro atoms. The zero-order valence-corrected chi connectivity index (χ0v) is 17.7. The van der Waals surface area contributed by atoms with Gasteiger partial charge in [0.2, 0.25) is 5.28 Å². The summed E-state index contributed by atoms with van der Waals surface area (Å²) >= 11 is 6.19. The zero-order chi connectivity index (χ0) is 21.2. The summed E-state index contributed by atoms with van der Waals surface area (Å²) in [6, 6.07) is 1.83. The van der Waals surface area contributed by atoms with Gasteiger partial charge in [0.25, 0.3) is 0 Å². The lowest BCUT2D eigenvalue weighted by Crippen LogP contribution is -2.33. The van der Waals surface area contributed by atoms with Crippen molar-refractivity contribution in [3.63, 3.8) is 0 Å². The number of hydrogen-bond donors (Lipinski definition) is 3. The molecule has 1 aliphatic carbocycles. The van der Waals surface area contributed by atoms with E-state index in [1.165, 1.54) is 6.42 Å². The van der Waals surface area contributed by atoms with Gasteiger partial charge in [-0.3, -0.25) is 4.57 Å². The monoisotopic (exact) mass is 460 g/mol. The Morgan fingerprint density at radius 3 is 2.73 bits per heavy atom. The summed E-state index contributed by atoms with van der Waals surface area (Å²) in [5.41, 5.74) is 0.480. The molecule has 13 heteroatoms. The van der Waals surface area contributed by atoms with Crippen LogP contribution < -0.4 is 4.90 Å². The minimum atomic E-state index is -3.84. The molecule has 7 atom stereocenters. The highest BCUT2D eigenvalue weighted by molar-refractivity contribution is 7.51. The summed E-state index contributed by atoms with van der Waals surface area (Å²) in [4.78, 5) is 24.7. The molecule has 0 radical (unpaired) electrons. The lowest BCUT2D eigenvalue weighted by molar-refractivity contribution is -0.238. The number of rotatable bonds is 6. The van der Waals surface area contributed by atoms with Crippen molar-refractivity contribution in [1.29, 1.82) is 0 Å². The molecule has 11 nitrogen and oxygen atoms in total. The highest BCUT2D eigenvalue weighted by Gasteiger charge is 2.47. The molecule has 3 aliphatic rings. The van der Waals surface area contributed by atoms with Crippen LogP contribution in [0.1, 0.15) is 12.6 Å². The van der Waals surface area contributed by atoms with E-state index < -0.39 is 32.1 Å². The average Bonchev–Trinajstić information content (AvgIpc) is 2.99. The smallest absolute Gasteiger partial charge is 0.352 e. The molecule has 3 unspecified atom stereocenters. The number of anilines is 1. The van der Waals surface area contributed by atoms with Gasteiger partial charge in [-0.05, 0) is 35.9 Å². The van der Waals surface area contributed by atoms with Crippen LogP contribution in [0.5, 0.6) is 0 Å². The highest BCUT2D eigenvalue weighted by atomic mass is 35.5. The SMILES string of the molecule is CP(=O)(O)OOC[C@H]1O[C@@H](n2ccc3c(N4CC5CC5C4)nc(Cl)nc32)[C@H](O)[C@@H]1O. The Labute approximate surface area is 176 Å². The van der Waals surface area contributed by atoms with Crippen molar-refractivity contribution in [2.24, 2.45) is 11.8 Å².